The Labute approximate surface area is 109 Å². The molecule has 0 radical (unpaired) electrons. The van der Waals surface area contributed by atoms with Crippen molar-refractivity contribution in [3.8, 4) is 0 Å². The summed E-state index contributed by atoms with van der Waals surface area (Å²) in [4.78, 5) is 4.00. The third-order valence-corrected chi connectivity index (χ3v) is 2.58. The number of rotatable bonds is 3. The summed E-state index contributed by atoms with van der Waals surface area (Å²) in [5.74, 6) is -2.55. The number of nitrogens with two attached hydrogens (primary N) is 1. The number of aromatic nitrogens is 2. The van der Waals surface area contributed by atoms with Crippen LogP contribution < -0.4 is 5.73 Å². The molecule has 0 bridgehead atoms. The first-order valence-electron chi connectivity index (χ1n) is 5.70. The maximum atomic E-state index is 13.0. The summed E-state index contributed by atoms with van der Waals surface area (Å²) >= 11 is 0. The highest BCUT2D eigenvalue weighted by molar-refractivity contribution is 5.79. The Hall–Kier alpha value is -2.24. The van der Waals surface area contributed by atoms with Crippen molar-refractivity contribution in [2.75, 3.05) is 5.73 Å². The summed E-state index contributed by atoms with van der Waals surface area (Å²) in [7, 11) is 0. The highest BCUT2D eigenvalue weighted by atomic mass is 19.3. The Morgan fingerprint density at radius 2 is 1.95 bits per heavy atom. The second-order valence-corrected chi connectivity index (χ2v) is 4.34. The molecule has 0 aliphatic carbocycles. The predicted octanol–water partition coefficient (Wildman–Crippen LogP) is 2.77. The number of imidazole rings is 1. The fraction of sp³-hybridized carbons (Fsp3) is 0.231. The minimum Gasteiger partial charge on any atom is -0.368 e. The maximum absolute atomic E-state index is 13.0. The highest BCUT2D eigenvalue weighted by Gasteiger charge is 2.23. The van der Waals surface area contributed by atoms with Gasteiger partial charge in [0.2, 0.25) is 5.95 Å². The molecule has 1 heterocycles. The van der Waals surface area contributed by atoms with Crippen LogP contribution in [0, 0.1) is 6.92 Å². The van der Waals surface area contributed by atoms with E-state index in [0.29, 0.717) is 5.56 Å². The molecular formula is C13H14F2N4. The van der Waals surface area contributed by atoms with Crippen molar-refractivity contribution in [1.29, 1.82) is 0 Å². The number of hydrogen-bond acceptors (Lipinski definition) is 3. The number of halogens is 2. The van der Waals surface area contributed by atoms with Crippen LogP contribution in [0.4, 0.5) is 14.7 Å². The molecule has 0 atom stereocenters. The number of nitrogens with zero attached hydrogens (tertiary/aromatic N) is 3. The van der Waals surface area contributed by atoms with Crippen LogP contribution in [0.25, 0.3) is 0 Å². The van der Waals surface area contributed by atoms with E-state index in [-0.39, 0.29) is 11.5 Å². The van der Waals surface area contributed by atoms with E-state index in [1.165, 1.54) is 23.0 Å². The van der Waals surface area contributed by atoms with Crippen LogP contribution in [0.3, 0.4) is 0 Å². The van der Waals surface area contributed by atoms with E-state index in [9.17, 15) is 8.78 Å². The van der Waals surface area contributed by atoms with Crippen molar-refractivity contribution >= 4 is 12.2 Å². The Morgan fingerprint density at radius 1 is 1.32 bits per heavy atom. The van der Waals surface area contributed by atoms with E-state index in [1.807, 2.05) is 0 Å². The third-order valence-electron chi connectivity index (χ3n) is 2.58. The Kier molecular flexibility index (Phi) is 3.33. The van der Waals surface area contributed by atoms with Crippen molar-refractivity contribution in [2.45, 2.75) is 19.8 Å². The molecule has 0 aliphatic rings. The highest BCUT2D eigenvalue weighted by Crippen LogP contribution is 2.26. The number of alkyl halides is 2. The summed E-state index contributed by atoms with van der Waals surface area (Å²) < 4.78 is 27.5. The van der Waals surface area contributed by atoms with Crippen LogP contribution in [0.5, 0.6) is 0 Å². The van der Waals surface area contributed by atoms with Crippen LogP contribution in [-0.4, -0.2) is 15.9 Å². The second kappa shape index (κ2) is 4.79. The molecule has 100 valence electrons. The van der Waals surface area contributed by atoms with E-state index in [0.717, 1.165) is 12.6 Å². The molecule has 2 N–H and O–H groups in total. The molecule has 0 aliphatic heterocycles. The van der Waals surface area contributed by atoms with Crippen molar-refractivity contribution in [2.24, 2.45) is 5.10 Å². The minimum atomic E-state index is -2.83. The molecular weight excluding hydrogens is 250 g/mol. The summed E-state index contributed by atoms with van der Waals surface area (Å²) in [5, 5.41) is 4.11. The van der Waals surface area contributed by atoms with Gasteiger partial charge in [0, 0.05) is 12.5 Å². The lowest BCUT2D eigenvalue weighted by Gasteiger charge is -2.09. The van der Waals surface area contributed by atoms with Gasteiger partial charge in [-0.1, -0.05) is 24.3 Å². The zero-order valence-corrected chi connectivity index (χ0v) is 10.6. The molecule has 0 spiro atoms. The number of hydrogen-bond donors (Lipinski definition) is 1. The molecule has 1 aromatic heterocycles. The molecule has 19 heavy (non-hydrogen) atoms. The maximum Gasteiger partial charge on any atom is 0.270 e. The zero-order chi connectivity index (χ0) is 14.0. The lowest BCUT2D eigenvalue weighted by atomic mass is 10.1. The molecule has 0 fully saturated rings. The van der Waals surface area contributed by atoms with Crippen molar-refractivity contribution in [1.82, 2.24) is 9.66 Å². The first kappa shape index (κ1) is 13.2. The van der Waals surface area contributed by atoms with Crippen LogP contribution in [-0.2, 0) is 5.92 Å². The first-order chi connectivity index (χ1) is 8.86. The molecule has 4 nitrogen and oxygen atoms in total. The smallest absolute Gasteiger partial charge is 0.270 e. The summed E-state index contributed by atoms with van der Waals surface area (Å²) in [5.41, 5.74) is 7.07. The molecule has 1 aromatic carbocycles. The minimum absolute atomic E-state index is 0.0253. The van der Waals surface area contributed by atoms with E-state index in [2.05, 4.69) is 10.1 Å². The second-order valence-electron chi connectivity index (χ2n) is 4.34. The normalized spacial score (nSPS) is 12.2. The quantitative estimate of drug-likeness (QED) is 0.867. The SMILES string of the molecule is Cc1cn(N=Cc2ccc(C(C)(F)F)cc2)c(N)n1. The van der Waals surface area contributed by atoms with Gasteiger partial charge in [0.1, 0.15) is 0 Å². The molecule has 6 heteroatoms. The van der Waals surface area contributed by atoms with Gasteiger partial charge in [-0.3, -0.25) is 0 Å². The first-order valence-corrected chi connectivity index (χ1v) is 5.70. The topological polar surface area (TPSA) is 56.2 Å². The molecule has 0 saturated heterocycles. The molecule has 2 aromatic rings. The van der Waals surface area contributed by atoms with Gasteiger partial charge in [-0.15, -0.1) is 0 Å². The number of anilines is 1. The third kappa shape index (κ3) is 3.15. The summed E-state index contributed by atoms with van der Waals surface area (Å²) in [6.07, 6.45) is 3.22. The Morgan fingerprint density at radius 3 is 2.42 bits per heavy atom. The van der Waals surface area contributed by atoms with Crippen molar-refractivity contribution in [3.63, 3.8) is 0 Å². The standard InChI is InChI=1S/C13H14F2N4/c1-9-8-19(12(16)18-9)17-7-10-3-5-11(6-4-10)13(2,14)15/h3-8H,1-2H3,(H2,16,18). The van der Waals surface area contributed by atoms with Gasteiger partial charge >= 0.3 is 0 Å². The predicted molar refractivity (Wildman–Crippen MR) is 70.4 cm³/mol. The average Bonchev–Trinajstić information content (AvgIpc) is 2.65. The van der Waals surface area contributed by atoms with Gasteiger partial charge in [-0.2, -0.15) is 5.10 Å². The summed E-state index contributed by atoms with van der Waals surface area (Å²) in [6.45, 7) is 2.67. The number of nitrogen functional groups attached to an aromatic ring is 1. The van der Waals surface area contributed by atoms with Crippen LogP contribution >= 0.6 is 0 Å². The summed E-state index contributed by atoms with van der Waals surface area (Å²) in [6, 6.07) is 5.92. The van der Waals surface area contributed by atoms with Crippen molar-refractivity contribution in [3.05, 3.63) is 47.3 Å². The fourth-order valence-corrected chi connectivity index (χ4v) is 1.59. The Bertz CT molecular complexity index is 594. The number of aryl methyl sites for hydroxylation is 1. The lowest BCUT2D eigenvalue weighted by Crippen LogP contribution is -2.06. The van der Waals surface area contributed by atoms with Gasteiger partial charge in [0.25, 0.3) is 5.92 Å². The average molecular weight is 264 g/mol. The lowest BCUT2D eigenvalue weighted by molar-refractivity contribution is 0.0175. The van der Waals surface area contributed by atoms with Crippen LogP contribution in [0.2, 0.25) is 0 Å². The fourth-order valence-electron chi connectivity index (χ4n) is 1.59. The molecule has 0 amide bonds. The van der Waals surface area contributed by atoms with Gasteiger partial charge in [-0.05, 0) is 12.5 Å². The van der Waals surface area contributed by atoms with E-state index < -0.39 is 5.92 Å². The largest absolute Gasteiger partial charge is 0.368 e. The molecule has 0 unspecified atom stereocenters. The van der Waals surface area contributed by atoms with Crippen LogP contribution in [0.15, 0.2) is 35.6 Å². The van der Waals surface area contributed by atoms with Gasteiger partial charge < -0.3 is 5.73 Å². The van der Waals surface area contributed by atoms with Crippen molar-refractivity contribution < 1.29 is 8.78 Å². The molecule has 2 rings (SSSR count). The van der Waals surface area contributed by atoms with E-state index in [4.69, 9.17) is 5.73 Å². The van der Waals surface area contributed by atoms with Crippen LogP contribution in [0.1, 0.15) is 23.7 Å². The van der Waals surface area contributed by atoms with Gasteiger partial charge in [-0.25, -0.2) is 18.4 Å². The zero-order valence-electron chi connectivity index (χ0n) is 10.6. The van der Waals surface area contributed by atoms with E-state index >= 15 is 0 Å². The molecule has 0 saturated carbocycles. The van der Waals surface area contributed by atoms with E-state index in [1.54, 1.807) is 25.3 Å². The van der Waals surface area contributed by atoms with Gasteiger partial charge in [0.05, 0.1) is 18.1 Å². The monoisotopic (exact) mass is 264 g/mol. The Balaban J connectivity index is 2.18. The van der Waals surface area contributed by atoms with Gasteiger partial charge in [0.15, 0.2) is 0 Å². The number of benzene rings is 1.